The summed E-state index contributed by atoms with van der Waals surface area (Å²) in [6.07, 6.45) is 6.53. The lowest BCUT2D eigenvalue weighted by Gasteiger charge is -2.24. The maximum Gasteiger partial charge on any atom is 0.143 e. The first-order valence-corrected chi connectivity index (χ1v) is 7.14. The Balaban J connectivity index is 2.79. The first-order chi connectivity index (χ1) is 8.19. The highest BCUT2D eigenvalue weighted by molar-refractivity contribution is 9.10. The Morgan fingerprint density at radius 3 is 2.29 bits per heavy atom. The summed E-state index contributed by atoms with van der Waals surface area (Å²) in [5, 5.41) is 0. The Bertz CT molecular complexity index is 333. The smallest absolute Gasteiger partial charge is 0.143 e. The summed E-state index contributed by atoms with van der Waals surface area (Å²) in [7, 11) is 0. The number of aromatic nitrogens is 1. The van der Waals surface area contributed by atoms with E-state index < -0.39 is 0 Å². The van der Waals surface area contributed by atoms with E-state index >= 15 is 0 Å². The van der Waals surface area contributed by atoms with Gasteiger partial charge in [0.25, 0.3) is 0 Å². The van der Waals surface area contributed by atoms with E-state index in [0.29, 0.717) is 5.69 Å². The first kappa shape index (κ1) is 14.3. The van der Waals surface area contributed by atoms with Gasteiger partial charge in [-0.25, -0.2) is 4.98 Å². The first-order valence-electron chi connectivity index (χ1n) is 6.35. The van der Waals surface area contributed by atoms with E-state index in [1.807, 2.05) is 6.07 Å². The molecule has 0 spiro atoms. The SMILES string of the molecule is CCCCN(CCCC)c1ncc(N)cc1Br. The fourth-order valence-corrected chi connectivity index (χ4v) is 2.32. The standard InChI is InChI=1S/C13H22BrN3/c1-3-5-7-17(8-6-4-2)13-12(14)9-11(15)10-16-13/h9-10H,3-8,15H2,1-2H3. The molecular formula is C13H22BrN3. The van der Waals surface area contributed by atoms with Crippen molar-refractivity contribution < 1.29 is 0 Å². The van der Waals surface area contributed by atoms with E-state index in [0.717, 1.165) is 23.4 Å². The molecule has 0 radical (unpaired) electrons. The van der Waals surface area contributed by atoms with Crippen LogP contribution in [0, 0.1) is 0 Å². The normalized spacial score (nSPS) is 10.5. The Labute approximate surface area is 113 Å². The summed E-state index contributed by atoms with van der Waals surface area (Å²) in [4.78, 5) is 6.78. The van der Waals surface area contributed by atoms with Gasteiger partial charge in [0, 0.05) is 13.1 Å². The summed E-state index contributed by atoms with van der Waals surface area (Å²) in [5.41, 5.74) is 6.42. The van der Waals surface area contributed by atoms with E-state index in [1.165, 1.54) is 25.7 Å². The van der Waals surface area contributed by atoms with Crippen molar-refractivity contribution >= 4 is 27.4 Å². The molecule has 0 saturated carbocycles. The molecule has 1 aromatic rings. The van der Waals surface area contributed by atoms with Crippen LogP contribution in [0.15, 0.2) is 16.7 Å². The maximum atomic E-state index is 5.72. The molecule has 0 unspecified atom stereocenters. The fourth-order valence-electron chi connectivity index (χ4n) is 1.70. The number of nitrogens with two attached hydrogens (primary N) is 1. The largest absolute Gasteiger partial charge is 0.397 e. The molecule has 1 heterocycles. The molecule has 1 rings (SSSR count). The minimum atomic E-state index is 0.701. The average molecular weight is 300 g/mol. The van der Waals surface area contributed by atoms with Gasteiger partial charge in [-0.15, -0.1) is 0 Å². The molecule has 96 valence electrons. The number of hydrogen-bond donors (Lipinski definition) is 1. The molecule has 0 atom stereocenters. The van der Waals surface area contributed by atoms with Crippen LogP contribution < -0.4 is 10.6 Å². The lowest BCUT2D eigenvalue weighted by molar-refractivity contribution is 0.670. The number of halogens is 1. The third kappa shape index (κ3) is 4.54. The van der Waals surface area contributed by atoms with Crippen LogP contribution in [-0.4, -0.2) is 18.1 Å². The number of nitrogens with zero attached hydrogens (tertiary/aromatic N) is 2. The fraction of sp³-hybridized carbons (Fsp3) is 0.615. The molecule has 3 nitrogen and oxygen atoms in total. The Kier molecular flexibility index (Phi) is 6.34. The second-order valence-corrected chi connectivity index (χ2v) is 5.12. The zero-order valence-electron chi connectivity index (χ0n) is 10.7. The zero-order valence-corrected chi connectivity index (χ0v) is 12.3. The van der Waals surface area contributed by atoms with Crippen LogP contribution in [0.2, 0.25) is 0 Å². The molecule has 0 fully saturated rings. The van der Waals surface area contributed by atoms with Gasteiger partial charge in [0.15, 0.2) is 0 Å². The molecule has 0 amide bonds. The van der Waals surface area contributed by atoms with Crippen LogP contribution in [0.3, 0.4) is 0 Å². The third-order valence-corrected chi connectivity index (χ3v) is 3.29. The molecule has 0 aliphatic carbocycles. The Morgan fingerprint density at radius 2 is 1.82 bits per heavy atom. The minimum absolute atomic E-state index is 0.701. The number of pyridine rings is 1. The van der Waals surface area contributed by atoms with E-state index in [4.69, 9.17) is 5.73 Å². The van der Waals surface area contributed by atoms with E-state index in [2.05, 4.69) is 39.7 Å². The summed E-state index contributed by atoms with van der Waals surface area (Å²) in [6, 6.07) is 1.92. The molecule has 4 heteroatoms. The molecule has 0 aliphatic rings. The van der Waals surface area contributed by atoms with Gasteiger partial charge >= 0.3 is 0 Å². The summed E-state index contributed by atoms with van der Waals surface area (Å²) in [6.45, 7) is 6.55. The number of unbranched alkanes of at least 4 members (excludes halogenated alkanes) is 2. The molecule has 2 N–H and O–H groups in total. The maximum absolute atomic E-state index is 5.72. The van der Waals surface area contributed by atoms with Crippen molar-refractivity contribution in [2.45, 2.75) is 39.5 Å². The van der Waals surface area contributed by atoms with E-state index in [9.17, 15) is 0 Å². The van der Waals surface area contributed by atoms with Crippen LogP contribution in [0.5, 0.6) is 0 Å². The van der Waals surface area contributed by atoms with Crippen molar-refractivity contribution in [3.8, 4) is 0 Å². The van der Waals surface area contributed by atoms with E-state index in [1.54, 1.807) is 6.20 Å². The van der Waals surface area contributed by atoms with Crippen LogP contribution in [0.4, 0.5) is 11.5 Å². The minimum Gasteiger partial charge on any atom is -0.397 e. The molecule has 0 aliphatic heterocycles. The van der Waals surface area contributed by atoms with Gasteiger partial charge < -0.3 is 10.6 Å². The lowest BCUT2D eigenvalue weighted by Crippen LogP contribution is -2.26. The number of nitrogen functional groups attached to an aromatic ring is 1. The van der Waals surface area contributed by atoms with Gasteiger partial charge in [-0.1, -0.05) is 26.7 Å². The van der Waals surface area contributed by atoms with Crippen molar-refractivity contribution in [1.82, 2.24) is 4.98 Å². The van der Waals surface area contributed by atoms with Crippen molar-refractivity contribution in [1.29, 1.82) is 0 Å². The zero-order chi connectivity index (χ0) is 12.7. The van der Waals surface area contributed by atoms with E-state index in [-0.39, 0.29) is 0 Å². The Hall–Kier alpha value is -0.770. The van der Waals surface area contributed by atoms with Crippen molar-refractivity contribution in [3.05, 3.63) is 16.7 Å². The average Bonchev–Trinajstić information content (AvgIpc) is 2.30. The second kappa shape index (κ2) is 7.54. The topological polar surface area (TPSA) is 42.2 Å². The number of rotatable bonds is 7. The highest BCUT2D eigenvalue weighted by Gasteiger charge is 2.10. The quantitative estimate of drug-likeness (QED) is 0.832. The molecular weight excluding hydrogens is 278 g/mol. The predicted molar refractivity (Wildman–Crippen MR) is 78.4 cm³/mol. The van der Waals surface area contributed by atoms with Gasteiger partial charge in [0.05, 0.1) is 16.4 Å². The summed E-state index contributed by atoms with van der Waals surface area (Å²) in [5.74, 6) is 1.01. The predicted octanol–water partition coefficient (Wildman–Crippen LogP) is 3.83. The van der Waals surface area contributed by atoms with Crippen LogP contribution >= 0.6 is 15.9 Å². The van der Waals surface area contributed by atoms with Gasteiger partial charge in [-0.05, 0) is 34.8 Å². The highest BCUT2D eigenvalue weighted by atomic mass is 79.9. The Morgan fingerprint density at radius 1 is 1.24 bits per heavy atom. The van der Waals surface area contributed by atoms with Gasteiger partial charge in [0.2, 0.25) is 0 Å². The number of anilines is 2. The monoisotopic (exact) mass is 299 g/mol. The van der Waals surface area contributed by atoms with Gasteiger partial charge in [-0.2, -0.15) is 0 Å². The second-order valence-electron chi connectivity index (χ2n) is 4.27. The lowest BCUT2D eigenvalue weighted by atomic mass is 10.2. The van der Waals surface area contributed by atoms with Gasteiger partial charge in [-0.3, -0.25) is 0 Å². The van der Waals surface area contributed by atoms with Crippen molar-refractivity contribution in [2.75, 3.05) is 23.7 Å². The summed E-state index contributed by atoms with van der Waals surface area (Å²) < 4.78 is 0.990. The third-order valence-electron chi connectivity index (χ3n) is 2.71. The molecule has 0 aromatic carbocycles. The molecule has 0 bridgehead atoms. The van der Waals surface area contributed by atoms with Crippen molar-refractivity contribution in [3.63, 3.8) is 0 Å². The summed E-state index contributed by atoms with van der Waals surface area (Å²) >= 11 is 3.55. The molecule has 1 aromatic heterocycles. The van der Waals surface area contributed by atoms with Crippen LogP contribution in [0.1, 0.15) is 39.5 Å². The van der Waals surface area contributed by atoms with Gasteiger partial charge in [0.1, 0.15) is 5.82 Å². The highest BCUT2D eigenvalue weighted by Crippen LogP contribution is 2.26. The molecule has 0 saturated heterocycles. The number of hydrogen-bond acceptors (Lipinski definition) is 3. The van der Waals surface area contributed by atoms with Crippen LogP contribution in [-0.2, 0) is 0 Å². The van der Waals surface area contributed by atoms with Crippen molar-refractivity contribution in [2.24, 2.45) is 0 Å². The van der Waals surface area contributed by atoms with Crippen LogP contribution in [0.25, 0.3) is 0 Å². The molecule has 17 heavy (non-hydrogen) atoms.